The molecule has 0 bridgehead atoms. The highest BCUT2D eigenvalue weighted by molar-refractivity contribution is 7.89. The predicted molar refractivity (Wildman–Crippen MR) is 91.5 cm³/mol. The fourth-order valence-electron chi connectivity index (χ4n) is 2.08. The lowest BCUT2D eigenvalue weighted by Gasteiger charge is -2.02. The van der Waals surface area contributed by atoms with Crippen molar-refractivity contribution in [3.63, 3.8) is 0 Å². The van der Waals surface area contributed by atoms with Crippen LogP contribution in [-0.4, -0.2) is 14.6 Å². The first-order valence-electron chi connectivity index (χ1n) is 6.87. The molecule has 0 spiro atoms. The molecule has 3 rings (SSSR count). The zero-order valence-corrected chi connectivity index (χ0v) is 13.2. The lowest BCUT2D eigenvalue weighted by molar-refractivity contribution is 0.597. The summed E-state index contributed by atoms with van der Waals surface area (Å²) in [4.78, 5) is 12.3. The van der Waals surface area contributed by atoms with Crippen molar-refractivity contribution in [1.29, 1.82) is 0 Å². The molecule has 7 nitrogen and oxygen atoms in total. The van der Waals surface area contributed by atoms with Gasteiger partial charge in [0.05, 0.1) is 27.7 Å². The minimum Gasteiger partial charge on any atom is -0.463 e. The Balaban J connectivity index is 1.80. The molecule has 3 aromatic rings. The van der Waals surface area contributed by atoms with E-state index in [-0.39, 0.29) is 10.3 Å². The van der Waals surface area contributed by atoms with Crippen LogP contribution in [0.15, 0.2) is 74.0 Å². The van der Waals surface area contributed by atoms with Crippen molar-refractivity contribution in [2.24, 2.45) is 10.2 Å². The first kappa shape index (κ1) is 15.9. The van der Waals surface area contributed by atoms with Gasteiger partial charge in [-0.15, -0.1) is 0 Å². The maximum absolute atomic E-state index is 12.3. The molecule has 0 aliphatic carbocycles. The molecule has 0 saturated heterocycles. The molecule has 0 aliphatic rings. The number of hydrogen-bond donors (Lipinski definition) is 2. The number of hydrogen-bond acceptors (Lipinski definition) is 6. The monoisotopic (exact) mass is 343 g/mol. The first-order chi connectivity index (χ1) is 11.4. The molecule has 1 heterocycles. The third-order valence-electron chi connectivity index (χ3n) is 3.29. The smallest absolute Gasteiger partial charge is 0.238 e. The van der Waals surface area contributed by atoms with Gasteiger partial charge >= 0.3 is 0 Å². The Morgan fingerprint density at radius 3 is 2.50 bits per heavy atom. The van der Waals surface area contributed by atoms with Crippen molar-refractivity contribution in [1.82, 2.24) is 0 Å². The number of nitrogens with zero attached hydrogens (tertiary/aromatic N) is 1. The van der Waals surface area contributed by atoms with Gasteiger partial charge in [-0.3, -0.25) is 10.2 Å². The van der Waals surface area contributed by atoms with Gasteiger partial charge in [0.1, 0.15) is 11.8 Å². The molecule has 0 fully saturated rings. The maximum Gasteiger partial charge on any atom is 0.238 e. The van der Waals surface area contributed by atoms with Crippen molar-refractivity contribution >= 4 is 32.9 Å². The van der Waals surface area contributed by atoms with Crippen LogP contribution in [0.5, 0.6) is 0 Å². The van der Waals surface area contributed by atoms with Crippen molar-refractivity contribution in [2.75, 3.05) is 5.43 Å². The molecule has 0 atom stereocenters. The summed E-state index contributed by atoms with van der Waals surface area (Å²) in [6, 6.07) is 12.7. The summed E-state index contributed by atoms with van der Waals surface area (Å²) in [6.45, 7) is 0. The highest BCUT2D eigenvalue weighted by atomic mass is 32.2. The average Bonchev–Trinajstić information content (AvgIpc) is 2.57. The average molecular weight is 343 g/mol. The van der Waals surface area contributed by atoms with E-state index >= 15 is 0 Å². The summed E-state index contributed by atoms with van der Waals surface area (Å²) < 4.78 is 27.7. The number of sulfonamides is 1. The van der Waals surface area contributed by atoms with E-state index in [9.17, 15) is 13.2 Å². The zero-order chi connectivity index (χ0) is 17.2. The van der Waals surface area contributed by atoms with Crippen molar-refractivity contribution in [3.05, 3.63) is 70.6 Å². The van der Waals surface area contributed by atoms with Crippen LogP contribution in [-0.2, 0) is 10.0 Å². The maximum atomic E-state index is 12.3. The molecule has 8 heteroatoms. The van der Waals surface area contributed by atoms with Gasteiger partial charge in [-0.2, -0.15) is 5.10 Å². The molecular weight excluding hydrogens is 330 g/mol. The number of rotatable bonds is 4. The van der Waals surface area contributed by atoms with Crippen molar-refractivity contribution < 1.29 is 12.8 Å². The van der Waals surface area contributed by atoms with Crippen LogP contribution in [0.4, 0.5) is 5.69 Å². The fraction of sp³-hybridized carbons (Fsp3) is 0. The number of nitrogens with one attached hydrogen (secondary N) is 1. The number of primary sulfonamides is 1. The van der Waals surface area contributed by atoms with Gasteiger partial charge in [-0.1, -0.05) is 12.1 Å². The van der Waals surface area contributed by atoms with E-state index in [2.05, 4.69) is 10.5 Å². The second-order valence-corrected chi connectivity index (χ2v) is 6.52. The number of para-hydroxylation sites is 1. The van der Waals surface area contributed by atoms with Crippen molar-refractivity contribution in [3.8, 4) is 0 Å². The van der Waals surface area contributed by atoms with Crippen LogP contribution in [0.1, 0.15) is 5.56 Å². The van der Waals surface area contributed by atoms with Crippen LogP contribution in [0.25, 0.3) is 11.0 Å². The summed E-state index contributed by atoms with van der Waals surface area (Å²) in [5.41, 5.74) is 3.86. The van der Waals surface area contributed by atoms with Crippen LogP contribution >= 0.6 is 0 Å². The quantitative estimate of drug-likeness (QED) is 0.554. The van der Waals surface area contributed by atoms with E-state index in [0.29, 0.717) is 22.2 Å². The molecule has 0 aliphatic heterocycles. The second-order valence-electron chi connectivity index (χ2n) is 4.96. The van der Waals surface area contributed by atoms with E-state index in [0.717, 1.165) is 0 Å². The number of anilines is 1. The van der Waals surface area contributed by atoms with Gasteiger partial charge in [-0.05, 0) is 36.4 Å². The Kier molecular flexibility index (Phi) is 4.15. The van der Waals surface area contributed by atoms with Crippen molar-refractivity contribution in [2.45, 2.75) is 4.90 Å². The normalized spacial score (nSPS) is 11.9. The van der Waals surface area contributed by atoms with E-state index in [1.165, 1.54) is 36.7 Å². The van der Waals surface area contributed by atoms with Gasteiger partial charge in [0.25, 0.3) is 0 Å². The first-order valence-corrected chi connectivity index (χ1v) is 8.42. The Hall–Kier alpha value is -2.97. The van der Waals surface area contributed by atoms with E-state index in [1.807, 2.05) is 0 Å². The highest BCUT2D eigenvalue weighted by Crippen LogP contribution is 2.13. The third kappa shape index (κ3) is 3.34. The largest absolute Gasteiger partial charge is 0.463 e. The minimum atomic E-state index is -3.73. The number of nitrogens with two attached hydrogens (primary N) is 1. The van der Waals surface area contributed by atoms with E-state index in [1.54, 1.807) is 24.3 Å². The zero-order valence-electron chi connectivity index (χ0n) is 12.3. The fourth-order valence-corrected chi connectivity index (χ4v) is 2.59. The SMILES string of the molecule is NS(=O)(=O)c1ccc(N/N=C/c2coc3ccccc3c2=O)cc1. The molecular formula is C16H13N3O4S. The predicted octanol–water partition coefficient (Wildman–Crippen LogP) is 1.89. The summed E-state index contributed by atoms with van der Waals surface area (Å²) in [7, 11) is -3.73. The van der Waals surface area contributed by atoms with Gasteiger partial charge in [0.15, 0.2) is 0 Å². The Morgan fingerprint density at radius 2 is 1.79 bits per heavy atom. The topological polar surface area (TPSA) is 115 Å². The third-order valence-corrected chi connectivity index (χ3v) is 4.22. The lowest BCUT2D eigenvalue weighted by atomic mass is 10.2. The van der Waals surface area contributed by atoms with Gasteiger partial charge in [0.2, 0.25) is 15.5 Å². The molecule has 3 N–H and O–H groups in total. The van der Waals surface area contributed by atoms with Crippen LogP contribution < -0.4 is 16.0 Å². The summed E-state index contributed by atoms with van der Waals surface area (Å²) in [6.07, 6.45) is 2.67. The molecule has 122 valence electrons. The summed E-state index contributed by atoms with van der Waals surface area (Å²) in [5.74, 6) is 0. The van der Waals surface area contributed by atoms with E-state index in [4.69, 9.17) is 9.56 Å². The second kappa shape index (κ2) is 6.26. The molecule has 2 aromatic carbocycles. The highest BCUT2D eigenvalue weighted by Gasteiger charge is 2.06. The van der Waals surface area contributed by atoms with Gasteiger partial charge in [-0.25, -0.2) is 13.6 Å². The van der Waals surface area contributed by atoms with Gasteiger partial charge < -0.3 is 4.42 Å². The minimum absolute atomic E-state index is 0.00667. The Labute approximate surface area is 137 Å². The molecule has 1 aromatic heterocycles. The number of benzene rings is 2. The number of hydrazone groups is 1. The summed E-state index contributed by atoms with van der Waals surface area (Å²) >= 11 is 0. The van der Waals surface area contributed by atoms with E-state index < -0.39 is 10.0 Å². The molecule has 0 unspecified atom stereocenters. The van der Waals surface area contributed by atoms with Gasteiger partial charge in [0, 0.05) is 0 Å². The van der Waals surface area contributed by atoms with Crippen LogP contribution in [0, 0.1) is 0 Å². The summed E-state index contributed by atoms with van der Waals surface area (Å²) in [5, 5.41) is 9.45. The molecule has 0 radical (unpaired) electrons. The standard InChI is InChI=1S/C16H13N3O4S/c17-24(21,22)13-7-5-12(6-8-13)19-18-9-11-10-23-15-4-2-1-3-14(15)16(11)20/h1-10,19H,(H2,17,21,22)/b18-9+. The van der Waals surface area contributed by atoms with Crippen LogP contribution in [0.2, 0.25) is 0 Å². The molecule has 0 saturated carbocycles. The molecule has 24 heavy (non-hydrogen) atoms. The lowest BCUT2D eigenvalue weighted by Crippen LogP contribution is -2.11. The van der Waals surface area contributed by atoms with Crippen LogP contribution in [0.3, 0.4) is 0 Å². The Morgan fingerprint density at radius 1 is 1.08 bits per heavy atom. The Bertz CT molecular complexity index is 1070. The molecule has 0 amide bonds. The number of fused-ring (bicyclic) bond motifs is 1.